The summed E-state index contributed by atoms with van der Waals surface area (Å²) in [5.74, 6) is -0.616. The topological polar surface area (TPSA) is 241 Å². The molecule has 8 aromatic heterocycles. The highest BCUT2D eigenvalue weighted by atomic mass is 35.5. The van der Waals surface area contributed by atoms with Crippen LogP contribution >= 0.6 is 11.6 Å². The van der Waals surface area contributed by atoms with E-state index in [2.05, 4.69) is 66.4 Å². The molecular weight excluding hydrogens is 1320 g/mol. The van der Waals surface area contributed by atoms with Crippen molar-refractivity contribution in [3.8, 4) is 33.9 Å². The molecule has 14 rings (SSSR count). The predicted octanol–water partition coefficient (Wildman–Crippen LogP) is 14.7. The Balaban J connectivity index is 0.000000169. The van der Waals surface area contributed by atoms with Gasteiger partial charge in [-0.1, -0.05) is 64.1 Å². The number of ether oxygens (including phenoxy) is 1. The molecule has 4 aromatic carbocycles. The van der Waals surface area contributed by atoms with Crippen LogP contribution in [0, 0.1) is 25.5 Å². The van der Waals surface area contributed by atoms with Crippen molar-refractivity contribution in [1.82, 2.24) is 49.5 Å². The summed E-state index contributed by atoms with van der Waals surface area (Å²) in [4.78, 5) is 47.7. The zero-order chi connectivity index (χ0) is 70.2. The second-order valence-corrected chi connectivity index (χ2v) is 23.8. The van der Waals surface area contributed by atoms with Gasteiger partial charge in [-0.25, -0.2) is 47.7 Å². The van der Waals surface area contributed by atoms with Crippen molar-refractivity contribution in [2.75, 3.05) is 22.9 Å². The Morgan fingerprint density at radius 2 is 0.970 bits per heavy atom. The Hall–Kier alpha value is -10.2. The number of hydrogen-bond donors (Lipinski definition) is 3. The number of aliphatic hydroxyl groups is 1. The van der Waals surface area contributed by atoms with Crippen LogP contribution in [0.4, 0.5) is 47.0 Å². The van der Waals surface area contributed by atoms with Crippen LogP contribution < -0.4 is 21.4 Å². The van der Waals surface area contributed by atoms with Crippen LogP contribution in [-0.4, -0.2) is 67.7 Å². The number of aromatic nitrogens is 10. The lowest BCUT2D eigenvalue weighted by atomic mass is 9.95. The lowest BCUT2D eigenvalue weighted by molar-refractivity contribution is -0.138. The average Bonchev–Trinajstić information content (AvgIpc) is 1.61. The van der Waals surface area contributed by atoms with Crippen LogP contribution in [0.5, 0.6) is 0 Å². The molecular formula is C70H65ClF8N12O8. The number of rotatable bonds is 16. The predicted molar refractivity (Wildman–Crippen MR) is 351 cm³/mol. The Morgan fingerprint density at radius 1 is 0.566 bits per heavy atom. The zero-order valence-electron chi connectivity index (χ0n) is 54.3. The van der Waals surface area contributed by atoms with Crippen molar-refractivity contribution in [2.45, 2.75) is 131 Å². The minimum atomic E-state index is -4.56. The largest absolute Gasteiger partial charge is 0.519 e. The third-order valence-corrected chi connectivity index (χ3v) is 17.8. The van der Waals surface area contributed by atoms with Gasteiger partial charge in [0.15, 0.2) is 11.5 Å². The monoisotopic (exact) mass is 1390 g/mol. The number of H-pyrrole nitrogens is 2. The zero-order valence-corrected chi connectivity index (χ0v) is 55.1. The number of halogens is 9. The van der Waals surface area contributed by atoms with Crippen molar-refractivity contribution >= 4 is 45.3 Å². The Kier molecular flexibility index (Phi) is 19.7. The third-order valence-electron chi connectivity index (χ3n) is 17.6. The van der Waals surface area contributed by atoms with Crippen molar-refractivity contribution in [1.29, 1.82) is 0 Å². The highest BCUT2D eigenvalue weighted by Crippen LogP contribution is 2.44. The van der Waals surface area contributed by atoms with E-state index in [0.717, 1.165) is 93.8 Å². The first kappa shape index (κ1) is 68.7. The van der Waals surface area contributed by atoms with Gasteiger partial charge in [-0.2, -0.15) is 36.5 Å². The van der Waals surface area contributed by atoms with Gasteiger partial charge in [0, 0.05) is 120 Å². The highest BCUT2D eigenvalue weighted by molar-refractivity contribution is 6.16. The normalized spacial score (nSPS) is 13.2. The van der Waals surface area contributed by atoms with E-state index in [0.29, 0.717) is 112 Å². The van der Waals surface area contributed by atoms with Gasteiger partial charge in [0.1, 0.15) is 29.8 Å². The van der Waals surface area contributed by atoms with E-state index in [1.54, 1.807) is 48.2 Å². The molecule has 10 heterocycles. The minimum absolute atomic E-state index is 0.0115. The van der Waals surface area contributed by atoms with E-state index in [1.807, 2.05) is 45.8 Å². The van der Waals surface area contributed by atoms with Crippen LogP contribution in [0.15, 0.2) is 125 Å². The third kappa shape index (κ3) is 13.6. The number of hydrogen-bond acceptors (Lipinski definition) is 16. The lowest BCUT2D eigenvalue weighted by Gasteiger charge is -2.27. The maximum absolute atomic E-state index is 16.7. The lowest BCUT2D eigenvalue weighted by Crippen LogP contribution is -2.31. The van der Waals surface area contributed by atoms with E-state index in [-0.39, 0.29) is 56.4 Å². The summed E-state index contributed by atoms with van der Waals surface area (Å²) in [6.45, 7) is 12.4. The van der Waals surface area contributed by atoms with E-state index >= 15 is 8.78 Å². The van der Waals surface area contributed by atoms with Crippen molar-refractivity contribution in [3.63, 3.8) is 0 Å². The maximum Gasteiger partial charge on any atom is 0.519 e. The van der Waals surface area contributed by atoms with Gasteiger partial charge >= 0.3 is 24.0 Å². The molecule has 20 nitrogen and oxygen atoms in total. The maximum atomic E-state index is 16.7. The number of anilines is 2. The molecule has 0 unspecified atom stereocenters. The molecule has 0 radical (unpaired) electrons. The van der Waals surface area contributed by atoms with Gasteiger partial charge in [0.25, 0.3) is 0 Å². The standard InChI is InChI=1S/C35H32F4N6O4.C30H28F4N6O.C5H5ClO3/c1-4-20-7-6-8-21(5-2)31(20)45-32(25-16-44(12-10-27(25)43-45)33-41-14-23(15-42-33)35(37,38)39)29-24-9-11-40-30(24)22(13-26(29)36)17-47-18-28-19(3)48-34(46)49-28;1-3-17-6-5-7-18(4-2)27(17)40-28(25-21-8-10-35-26(21)19(16-41)12-23(25)31)22-15-39(11-9-24(22)38-40)29-36-13-20(14-37-29)30(32,33)34;1-3-4(2-6)9-5(7)8-3/h6-9,11,13-15,40H,4-5,10,12,16-18H2,1-3H3;5-8,10,12-14,35,41H,3-4,9,11,15-16H2,1-2H3;2H2,1H3. The number of aliphatic hydroxyl groups excluding tert-OH is 1. The molecule has 99 heavy (non-hydrogen) atoms. The molecule has 12 aromatic rings. The fraction of sp³-hybridized carbons (Fsp3) is 0.314. The van der Waals surface area contributed by atoms with Crippen molar-refractivity contribution < 1.29 is 62.6 Å². The van der Waals surface area contributed by atoms with E-state index in [4.69, 9.17) is 35.4 Å². The molecule has 0 saturated carbocycles. The summed E-state index contributed by atoms with van der Waals surface area (Å²) >= 11 is 5.35. The first-order valence-corrected chi connectivity index (χ1v) is 32.3. The van der Waals surface area contributed by atoms with E-state index < -0.39 is 46.8 Å². The molecule has 0 aliphatic carbocycles. The van der Waals surface area contributed by atoms with Crippen LogP contribution in [0.1, 0.15) is 118 Å². The second-order valence-electron chi connectivity index (χ2n) is 23.5. The number of alkyl halides is 7. The minimum Gasteiger partial charge on any atom is -0.396 e. The first-order valence-electron chi connectivity index (χ1n) is 31.8. The molecule has 0 saturated heterocycles. The van der Waals surface area contributed by atoms with Crippen molar-refractivity contribution in [3.05, 3.63) is 221 Å². The number of nitrogens with zero attached hydrogens (tertiary/aromatic N) is 10. The summed E-state index contributed by atoms with van der Waals surface area (Å²) in [7, 11) is 0. The van der Waals surface area contributed by atoms with Crippen LogP contribution in [-0.2, 0) is 94.4 Å². The van der Waals surface area contributed by atoms with Gasteiger partial charge in [-0.15, -0.1) is 11.6 Å². The van der Waals surface area contributed by atoms with Gasteiger partial charge in [-0.05, 0) is 86.1 Å². The molecule has 29 heteroatoms. The Bertz CT molecular complexity index is 5000. The highest BCUT2D eigenvalue weighted by Gasteiger charge is 2.37. The van der Waals surface area contributed by atoms with Crippen LogP contribution in [0.2, 0.25) is 0 Å². The summed E-state index contributed by atoms with van der Waals surface area (Å²) in [5, 5.41) is 21.2. The van der Waals surface area contributed by atoms with E-state index in [9.17, 15) is 41.0 Å². The van der Waals surface area contributed by atoms with Crippen LogP contribution in [0.25, 0.3) is 55.7 Å². The van der Waals surface area contributed by atoms with Gasteiger partial charge in [0.2, 0.25) is 11.9 Å². The summed E-state index contributed by atoms with van der Waals surface area (Å²) in [6, 6.07) is 18.5. The smallest absolute Gasteiger partial charge is 0.396 e. The molecule has 0 spiro atoms. The number of aryl methyl sites for hydroxylation is 6. The molecule has 0 atom stereocenters. The molecule has 3 N–H and O–H groups in total. The van der Waals surface area contributed by atoms with Crippen LogP contribution in [0.3, 0.4) is 0 Å². The fourth-order valence-electron chi connectivity index (χ4n) is 12.7. The molecule has 2 aliphatic heterocycles. The van der Waals surface area contributed by atoms with E-state index in [1.165, 1.54) is 12.1 Å². The number of para-hydroxylation sites is 2. The molecule has 0 amide bonds. The molecule has 0 bridgehead atoms. The SMILES string of the molecule is CCc1cccc(CC)c1-n1nc2c(c1-c1c(F)cc(CO)c3[nH]ccc13)CN(c1ncc(C(F)(F)F)cn1)CC2.CCc1cccc(CC)c1-n1nc2c(c1-c1c(F)cc(COCc3oc(=O)oc3C)c3[nH]ccc13)CN(c1ncc(C(F)(F)F)cn1)CC2.Cc1oc(=O)oc1CCl. The number of nitrogens with one attached hydrogen (secondary N) is 2. The first-order chi connectivity index (χ1) is 47.5. The molecule has 0 fully saturated rings. The van der Waals surface area contributed by atoms with Gasteiger partial charge < -0.3 is 47.3 Å². The average molecular weight is 1390 g/mol. The number of fused-ring (bicyclic) bond motifs is 4. The Labute approximate surface area is 563 Å². The fourth-order valence-corrected chi connectivity index (χ4v) is 12.9. The number of aromatic amines is 2. The summed E-state index contributed by atoms with van der Waals surface area (Å²) < 4.78 is 140. The van der Waals surface area contributed by atoms with Gasteiger partial charge in [-0.3, -0.25) is 0 Å². The van der Waals surface area contributed by atoms with Gasteiger partial charge in [0.05, 0.1) is 75.4 Å². The summed E-state index contributed by atoms with van der Waals surface area (Å²) in [5.41, 5.74) is 11.2. The molecule has 2 aliphatic rings. The second kappa shape index (κ2) is 28.3. The Morgan fingerprint density at radius 3 is 1.33 bits per heavy atom. The number of benzene rings is 4. The summed E-state index contributed by atoms with van der Waals surface area (Å²) in [6.07, 6.45) is 1.29. The molecule has 516 valence electrons. The van der Waals surface area contributed by atoms with Crippen molar-refractivity contribution in [2.24, 2.45) is 0 Å². The quantitative estimate of drug-likeness (QED) is 0.0602.